The van der Waals surface area contributed by atoms with Crippen molar-refractivity contribution in [2.45, 2.75) is 0 Å². The lowest BCUT2D eigenvalue weighted by Crippen LogP contribution is -2.07. The molecular formula is C23H15BF2O2. The number of halogens is 2. The van der Waals surface area contributed by atoms with Crippen LogP contribution in [0.25, 0.3) is 27.3 Å². The first-order chi connectivity index (χ1) is 13.6. The molecule has 0 saturated carbocycles. The van der Waals surface area contributed by atoms with Gasteiger partial charge in [-0.2, -0.15) is 0 Å². The minimum Gasteiger partial charge on any atom is -0.505 e. The van der Waals surface area contributed by atoms with Crippen molar-refractivity contribution in [2.75, 3.05) is 0 Å². The molecule has 0 bridgehead atoms. The summed E-state index contributed by atoms with van der Waals surface area (Å²) in [4.78, 5) is 13.0. The van der Waals surface area contributed by atoms with Crippen LogP contribution in [0.5, 0.6) is 0 Å². The fourth-order valence-corrected chi connectivity index (χ4v) is 3.35. The van der Waals surface area contributed by atoms with Crippen molar-refractivity contribution in [3.8, 4) is 0 Å². The zero-order valence-electron chi connectivity index (χ0n) is 14.8. The molecule has 0 fully saturated rings. The summed E-state index contributed by atoms with van der Waals surface area (Å²) in [6.07, 6.45) is 1.15. The molecule has 0 radical (unpaired) electrons. The molecule has 28 heavy (non-hydrogen) atoms. The molecule has 0 N–H and O–H groups in total. The quantitative estimate of drug-likeness (QED) is 0.182. The lowest BCUT2D eigenvalue weighted by atomic mass is 9.98. The lowest BCUT2D eigenvalue weighted by molar-refractivity contribution is 0.104. The first kappa shape index (κ1) is 17.9. The van der Waals surface area contributed by atoms with Gasteiger partial charge in [-0.1, -0.05) is 84.9 Å². The molecular weight excluding hydrogens is 357 g/mol. The number of ketones is 1. The van der Waals surface area contributed by atoms with Crippen LogP contribution in [0.1, 0.15) is 15.9 Å². The first-order valence-electron chi connectivity index (χ1n) is 8.80. The van der Waals surface area contributed by atoms with Gasteiger partial charge in [0.15, 0.2) is 5.78 Å². The van der Waals surface area contributed by atoms with E-state index < -0.39 is 7.47 Å². The van der Waals surface area contributed by atoms with Crippen LogP contribution >= 0.6 is 0 Å². The second-order valence-electron chi connectivity index (χ2n) is 6.30. The maximum Gasteiger partial charge on any atom is 0.796 e. The Hall–Kier alpha value is -3.47. The average Bonchev–Trinajstić information content (AvgIpc) is 2.72. The van der Waals surface area contributed by atoms with Gasteiger partial charge in [0, 0.05) is 17.2 Å². The fraction of sp³-hybridized carbons (Fsp3) is 0. The van der Waals surface area contributed by atoms with Crippen molar-refractivity contribution < 1.29 is 18.1 Å². The molecule has 0 atom stereocenters. The van der Waals surface area contributed by atoms with Gasteiger partial charge in [0.25, 0.3) is 0 Å². The number of carbonyl (C=O) groups is 1. The van der Waals surface area contributed by atoms with Gasteiger partial charge in [-0.3, -0.25) is 4.79 Å². The maximum absolute atomic E-state index is 13.1. The first-order valence-corrected chi connectivity index (χ1v) is 8.80. The molecule has 4 rings (SSSR count). The summed E-state index contributed by atoms with van der Waals surface area (Å²) < 4.78 is 31.0. The van der Waals surface area contributed by atoms with Crippen LogP contribution in [-0.4, -0.2) is 13.3 Å². The summed E-state index contributed by atoms with van der Waals surface area (Å²) >= 11 is 0. The predicted molar refractivity (Wildman–Crippen MR) is 109 cm³/mol. The van der Waals surface area contributed by atoms with Gasteiger partial charge in [-0.25, -0.2) is 8.63 Å². The number of hydrogen-bond donors (Lipinski definition) is 0. The topological polar surface area (TPSA) is 26.3 Å². The molecule has 136 valence electrons. The molecule has 0 saturated heterocycles. The van der Waals surface area contributed by atoms with E-state index in [1.165, 1.54) is 0 Å². The number of benzene rings is 4. The van der Waals surface area contributed by atoms with E-state index in [0.717, 1.165) is 27.6 Å². The fourth-order valence-electron chi connectivity index (χ4n) is 3.35. The number of allylic oxidation sites excluding steroid dienone is 1. The minimum atomic E-state index is -3.04. The molecule has 0 unspecified atom stereocenters. The van der Waals surface area contributed by atoms with Gasteiger partial charge in [-0.05, 0) is 21.5 Å². The molecule has 4 aromatic carbocycles. The maximum atomic E-state index is 13.1. The van der Waals surface area contributed by atoms with Crippen molar-refractivity contribution in [2.24, 2.45) is 0 Å². The standard InChI is InChI=1S/C23H15BF2O2/c25-24(26)28-23(21-14-6-10-17-8-2-4-12-19(17)21)15-22(27)20-13-5-9-16-7-1-3-11-18(16)20/h1-15H/b23-15-. The normalized spacial score (nSPS) is 11.6. The largest absolute Gasteiger partial charge is 0.796 e. The number of carbonyl (C=O) groups excluding carboxylic acids is 1. The Morgan fingerprint density at radius 1 is 0.714 bits per heavy atom. The Bertz CT molecular complexity index is 1190. The van der Waals surface area contributed by atoms with E-state index in [4.69, 9.17) is 4.65 Å². The number of fused-ring (bicyclic) bond motifs is 2. The lowest BCUT2D eigenvalue weighted by Gasteiger charge is -2.12. The second-order valence-corrected chi connectivity index (χ2v) is 6.30. The van der Waals surface area contributed by atoms with E-state index >= 15 is 0 Å². The van der Waals surface area contributed by atoms with Gasteiger partial charge in [0.1, 0.15) is 5.76 Å². The summed E-state index contributed by atoms with van der Waals surface area (Å²) in [5.41, 5.74) is 0.890. The molecule has 2 nitrogen and oxygen atoms in total. The van der Waals surface area contributed by atoms with Crippen LogP contribution in [0, 0.1) is 0 Å². The highest BCUT2D eigenvalue weighted by atomic mass is 19.2. The Morgan fingerprint density at radius 3 is 1.82 bits per heavy atom. The number of rotatable bonds is 5. The molecule has 0 aromatic heterocycles. The van der Waals surface area contributed by atoms with Crippen molar-refractivity contribution in [3.05, 3.63) is 102 Å². The van der Waals surface area contributed by atoms with Crippen molar-refractivity contribution >= 4 is 40.6 Å². The molecule has 0 amide bonds. The van der Waals surface area contributed by atoms with Crippen LogP contribution < -0.4 is 0 Å². The van der Waals surface area contributed by atoms with E-state index in [2.05, 4.69) is 0 Å². The van der Waals surface area contributed by atoms with E-state index in [0.29, 0.717) is 11.1 Å². The Balaban J connectivity index is 1.85. The zero-order valence-corrected chi connectivity index (χ0v) is 14.8. The van der Waals surface area contributed by atoms with Gasteiger partial charge in [0.05, 0.1) is 0 Å². The second kappa shape index (κ2) is 7.65. The third-order valence-corrected chi connectivity index (χ3v) is 4.59. The highest BCUT2D eigenvalue weighted by Gasteiger charge is 2.22. The van der Waals surface area contributed by atoms with Gasteiger partial charge >= 0.3 is 7.47 Å². The van der Waals surface area contributed by atoms with Gasteiger partial charge < -0.3 is 4.65 Å². The molecule has 5 heteroatoms. The molecule has 0 heterocycles. The van der Waals surface area contributed by atoms with Crippen molar-refractivity contribution in [1.82, 2.24) is 0 Å². The van der Waals surface area contributed by atoms with Gasteiger partial charge in [0.2, 0.25) is 0 Å². The molecule has 0 aliphatic carbocycles. The van der Waals surface area contributed by atoms with E-state index in [9.17, 15) is 13.4 Å². The molecule has 0 spiro atoms. The van der Waals surface area contributed by atoms with Crippen LogP contribution in [-0.2, 0) is 4.65 Å². The summed E-state index contributed by atoms with van der Waals surface area (Å²) in [6.45, 7) is 0. The van der Waals surface area contributed by atoms with E-state index in [1.807, 2.05) is 60.7 Å². The molecule has 4 aromatic rings. The SMILES string of the molecule is O=C(/C=C(\OB(F)F)c1cccc2ccccc12)c1cccc2ccccc12. The van der Waals surface area contributed by atoms with Crippen LogP contribution in [0.4, 0.5) is 8.63 Å². The summed E-state index contributed by atoms with van der Waals surface area (Å²) in [5, 5.41) is 3.29. The minimum absolute atomic E-state index is 0.148. The summed E-state index contributed by atoms with van der Waals surface area (Å²) in [7, 11) is -3.04. The van der Waals surface area contributed by atoms with Crippen LogP contribution in [0.2, 0.25) is 0 Å². The Morgan fingerprint density at radius 2 is 1.21 bits per heavy atom. The van der Waals surface area contributed by atoms with Crippen LogP contribution in [0.15, 0.2) is 91.0 Å². The highest BCUT2D eigenvalue weighted by Crippen LogP contribution is 2.28. The van der Waals surface area contributed by atoms with E-state index in [1.54, 1.807) is 24.3 Å². The average molecular weight is 372 g/mol. The van der Waals surface area contributed by atoms with Crippen molar-refractivity contribution in [3.63, 3.8) is 0 Å². The third-order valence-electron chi connectivity index (χ3n) is 4.59. The Labute approximate surface area is 161 Å². The van der Waals surface area contributed by atoms with Crippen molar-refractivity contribution in [1.29, 1.82) is 0 Å². The molecule has 0 aliphatic heterocycles. The highest BCUT2D eigenvalue weighted by molar-refractivity contribution is 6.36. The third kappa shape index (κ3) is 3.51. The summed E-state index contributed by atoms with van der Waals surface area (Å²) in [5.74, 6) is -0.537. The number of hydrogen-bond acceptors (Lipinski definition) is 2. The van der Waals surface area contributed by atoms with E-state index in [-0.39, 0.29) is 11.5 Å². The molecule has 0 aliphatic rings. The summed E-state index contributed by atoms with van der Waals surface area (Å²) in [6, 6.07) is 25.5. The smallest absolute Gasteiger partial charge is 0.505 e. The predicted octanol–water partition coefficient (Wildman–Crippen LogP) is 6.16. The Kier molecular flexibility index (Phi) is 4.89. The monoisotopic (exact) mass is 372 g/mol. The van der Waals surface area contributed by atoms with Crippen LogP contribution in [0.3, 0.4) is 0 Å². The van der Waals surface area contributed by atoms with Gasteiger partial charge in [-0.15, -0.1) is 0 Å². The zero-order chi connectivity index (χ0) is 19.5.